The number of hydrogen-bond acceptors (Lipinski definition) is 4. The van der Waals surface area contributed by atoms with Gasteiger partial charge in [0.25, 0.3) is 0 Å². The fourth-order valence-corrected chi connectivity index (χ4v) is 4.73. The number of nitrogens with one attached hydrogen (secondary N) is 2. The van der Waals surface area contributed by atoms with Crippen molar-refractivity contribution in [1.82, 2.24) is 9.97 Å². The van der Waals surface area contributed by atoms with Gasteiger partial charge in [0.1, 0.15) is 11.1 Å². The third-order valence-electron chi connectivity index (χ3n) is 6.85. The number of hydrogen-bond donors (Lipinski definition) is 4. The summed E-state index contributed by atoms with van der Waals surface area (Å²) in [4.78, 5) is 52.1. The van der Waals surface area contributed by atoms with Crippen molar-refractivity contribution in [2.24, 2.45) is 0 Å². The predicted molar refractivity (Wildman–Crippen MR) is 162 cm³/mol. The van der Waals surface area contributed by atoms with Gasteiger partial charge in [-0.3, -0.25) is 9.59 Å². The molecule has 9 heteroatoms. The molecule has 0 atom stereocenters. The van der Waals surface area contributed by atoms with Crippen LogP contribution in [0.1, 0.15) is 43.0 Å². The van der Waals surface area contributed by atoms with Crippen LogP contribution in [0.3, 0.4) is 0 Å². The van der Waals surface area contributed by atoms with Gasteiger partial charge in [-0.2, -0.15) is 0 Å². The zero-order valence-corrected chi connectivity index (χ0v) is 23.9. The Morgan fingerprint density at radius 3 is 1.26 bits per heavy atom. The number of aromatic nitrogens is 2. The first-order chi connectivity index (χ1) is 20.3. The molecule has 4 N–H and O–H groups in total. The summed E-state index contributed by atoms with van der Waals surface area (Å²) in [6, 6.07) is 30.8. The van der Waals surface area contributed by atoms with E-state index < -0.39 is 22.8 Å². The molecule has 2 heterocycles. The number of rotatable bonds is 6. The van der Waals surface area contributed by atoms with Gasteiger partial charge in [-0.1, -0.05) is 72.8 Å². The van der Waals surface area contributed by atoms with Gasteiger partial charge in [0.15, 0.2) is 0 Å². The van der Waals surface area contributed by atoms with Crippen LogP contribution in [0, 0.1) is 0 Å². The summed E-state index contributed by atoms with van der Waals surface area (Å²) < 4.78 is 0. The normalized spacial score (nSPS) is 10.4. The van der Waals surface area contributed by atoms with Crippen molar-refractivity contribution in [3.63, 3.8) is 0 Å². The first-order valence-electron chi connectivity index (χ1n) is 13.1. The van der Waals surface area contributed by atoms with Crippen molar-refractivity contribution in [3.8, 4) is 0 Å². The van der Waals surface area contributed by atoms with Crippen LogP contribution < -0.4 is 10.9 Å². The van der Waals surface area contributed by atoms with Crippen LogP contribution in [0.5, 0.6) is 0 Å². The van der Waals surface area contributed by atoms with Crippen LogP contribution in [0.25, 0.3) is 21.8 Å². The van der Waals surface area contributed by atoms with E-state index in [0.29, 0.717) is 34.6 Å². The molecule has 6 rings (SSSR count). The summed E-state index contributed by atoms with van der Waals surface area (Å²) in [7, 11) is 0. The Hall–Kier alpha value is -5.24. The Morgan fingerprint density at radius 2 is 0.907 bits per heavy atom. The largest absolute Gasteiger partial charge is 0.477 e. The van der Waals surface area contributed by atoms with E-state index in [1.165, 1.54) is 12.4 Å². The van der Waals surface area contributed by atoms with Gasteiger partial charge in [0, 0.05) is 51.3 Å². The molecule has 0 bridgehead atoms. The second-order valence-electron chi connectivity index (χ2n) is 9.76. The number of benzene rings is 4. The minimum Gasteiger partial charge on any atom is -0.477 e. The van der Waals surface area contributed by atoms with E-state index in [9.17, 15) is 19.2 Å². The Kier molecular flexibility index (Phi) is 9.72. The summed E-state index contributed by atoms with van der Waals surface area (Å²) in [5.74, 6) is -2.43. The zero-order chi connectivity index (χ0) is 29.6. The van der Waals surface area contributed by atoms with Gasteiger partial charge in [-0.25, -0.2) is 9.59 Å². The second kappa shape index (κ2) is 13.6. The van der Waals surface area contributed by atoms with Crippen molar-refractivity contribution in [2.45, 2.75) is 12.8 Å². The van der Waals surface area contributed by atoms with Crippen LogP contribution in [0.4, 0.5) is 0 Å². The average Bonchev–Trinajstić information content (AvgIpc) is 2.99. The molecular weight excluding hydrogens is 587 g/mol. The van der Waals surface area contributed by atoms with Gasteiger partial charge in [0.05, 0.1) is 0 Å². The van der Waals surface area contributed by atoms with Crippen molar-refractivity contribution < 1.29 is 36.9 Å². The average molecular weight is 614 g/mol. The Bertz CT molecular complexity index is 1890. The van der Waals surface area contributed by atoms with Crippen LogP contribution in [-0.4, -0.2) is 32.1 Å². The molecular formula is C34H26MnN2O6. The molecule has 0 aliphatic heterocycles. The summed E-state index contributed by atoms with van der Waals surface area (Å²) in [5, 5.41) is 18.8. The minimum absolute atomic E-state index is 0. The number of aromatic carboxylic acids is 2. The van der Waals surface area contributed by atoms with Gasteiger partial charge in [0.2, 0.25) is 10.9 Å². The molecule has 6 aromatic rings. The fourth-order valence-electron chi connectivity index (χ4n) is 4.73. The molecule has 1 radical (unpaired) electrons. The molecule has 0 aliphatic rings. The van der Waals surface area contributed by atoms with E-state index in [2.05, 4.69) is 9.97 Å². The molecule has 0 spiro atoms. The van der Waals surface area contributed by atoms with Crippen molar-refractivity contribution in [1.29, 1.82) is 0 Å². The first-order valence-corrected chi connectivity index (χ1v) is 13.1. The third kappa shape index (κ3) is 7.16. The van der Waals surface area contributed by atoms with Crippen molar-refractivity contribution in [2.75, 3.05) is 0 Å². The topological polar surface area (TPSA) is 140 Å². The zero-order valence-electron chi connectivity index (χ0n) is 22.7. The summed E-state index contributed by atoms with van der Waals surface area (Å²) in [6.45, 7) is 0. The monoisotopic (exact) mass is 613 g/mol. The number of H-pyrrole nitrogens is 2. The van der Waals surface area contributed by atoms with Crippen LogP contribution in [0.2, 0.25) is 0 Å². The van der Waals surface area contributed by atoms with Crippen LogP contribution in [-0.2, 0) is 29.9 Å². The molecule has 0 amide bonds. The van der Waals surface area contributed by atoms with Crippen molar-refractivity contribution in [3.05, 3.63) is 163 Å². The quantitative estimate of drug-likeness (QED) is 0.180. The summed E-state index contributed by atoms with van der Waals surface area (Å²) in [5.41, 5.74) is 4.13. The fraction of sp³-hybridized carbons (Fsp3) is 0.0588. The number of carboxylic acids is 2. The summed E-state index contributed by atoms with van der Waals surface area (Å²) >= 11 is 0. The van der Waals surface area contributed by atoms with Gasteiger partial charge in [-0.05, 0) is 59.4 Å². The Balaban J connectivity index is 0.000000192. The Labute approximate surface area is 256 Å². The van der Waals surface area contributed by atoms with E-state index in [-0.39, 0.29) is 28.2 Å². The molecule has 0 unspecified atom stereocenters. The second-order valence-corrected chi connectivity index (χ2v) is 9.76. The van der Waals surface area contributed by atoms with E-state index in [1.54, 1.807) is 24.3 Å². The molecule has 43 heavy (non-hydrogen) atoms. The maximum atomic E-state index is 12.2. The smallest absolute Gasteiger partial charge is 0.341 e. The first kappa shape index (κ1) is 30.7. The van der Waals surface area contributed by atoms with Gasteiger partial charge in [-0.15, -0.1) is 0 Å². The standard InChI is InChI=1S/2C17H13NO3.Mn/c2*19-16-13-9-12(8-11-4-2-1-3-5-11)6-7-15(13)18-10-14(16)17(20)21;/h2*1-7,9-10H,8H2,(H,18,19)(H,20,21);. The van der Waals surface area contributed by atoms with E-state index in [0.717, 1.165) is 22.3 Å². The van der Waals surface area contributed by atoms with E-state index in [4.69, 9.17) is 10.2 Å². The van der Waals surface area contributed by atoms with E-state index in [1.807, 2.05) is 72.8 Å². The van der Waals surface area contributed by atoms with Crippen molar-refractivity contribution >= 4 is 33.7 Å². The number of pyridine rings is 2. The van der Waals surface area contributed by atoms with E-state index >= 15 is 0 Å². The third-order valence-corrected chi connectivity index (χ3v) is 6.85. The molecule has 0 saturated heterocycles. The molecule has 2 aromatic heterocycles. The molecule has 4 aromatic carbocycles. The minimum atomic E-state index is -1.22. The number of carboxylic acid groups (broad SMARTS) is 2. The molecule has 0 saturated carbocycles. The summed E-state index contributed by atoms with van der Waals surface area (Å²) in [6.07, 6.45) is 3.88. The maximum absolute atomic E-state index is 12.2. The molecule has 8 nitrogen and oxygen atoms in total. The Morgan fingerprint density at radius 1 is 0.535 bits per heavy atom. The molecule has 0 fully saturated rings. The molecule has 215 valence electrons. The predicted octanol–water partition coefficient (Wildman–Crippen LogP) is 5.63. The number of fused-ring (bicyclic) bond motifs is 2. The van der Waals surface area contributed by atoms with Crippen LogP contribution in [0.15, 0.2) is 119 Å². The van der Waals surface area contributed by atoms with Gasteiger partial charge >= 0.3 is 11.9 Å². The molecule has 0 aliphatic carbocycles. The van der Waals surface area contributed by atoms with Crippen LogP contribution >= 0.6 is 0 Å². The SMILES string of the molecule is O=C(O)c1c[nH]c2ccc(Cc3ccccc3)cc2c1=O.O=C(O)c1c[nH]c2ccc(Cc3ccccc3)cc2c1=O.[Mn]. The number of carbonyl (C=O) groups is 2. The number of aromatic amines is 2. The van der Waals surface area contributed by atoms with Gasteiger partial charge < -0.3 is 20.2 Å². The maximum Gasteiger partial charge on any atom is 0.341 e.